The molecule has 0 aromatic heterocycles. The van der Waals surface area contributed by atoms with E-state index >= 15 is 0 Å². The van der Waals surface area contributed by atoms with E-state index in [0.717, 1.165) is 17.4 Å². The maximum Gasteiger partial charge on any atom is 0.00683 e. The maximum atomic E-state index is 3.61. The van der Waals surface area contributed by atoms with Crippen LogP contribution in [0.15, 0.2) is 0 Å². The maximum absolute atomic E-state index is 3.61. The van der Waals surface area contributed by atoms with E-state index in [1.165, 1.54) is 19.4 Å². The van der Waals surface area contributed by atoms with E-state index in [1.54, 1.807) is 19.3 Å². The zero-order valence-electron chi connectivity index (χ0n) is 6.40. The van der Waals surface area contributed by atoms with Gasteiger partial charge in [0.1, 0.15) is 0 Å². The lowest BCUT2D eigenvalue weighted by molar-refractivity contribution is 0.592. The Bertz CT molecular complexity index is 156. The molecule has 3 aliphatic rings. The van der Waals surface area contributed by atoms with E-state index in [-0.39, 0.29) is 0 Å². The number of nitrogens with one attached hydrogen (secondary N) is 1. The van der Waals surface area contributed by atoms with Crippen LogP contribution in [0.5, 0.6) is 0 Å². The molecule has 10 heavy (non-hydrogen) atoms. The summed E-state index contributed by atoms with van der Waals surface area (Å²) in [5.41, 5.74) is 0.919. The highest BCUT2D eigenvalue weighted by molar-refractivity contribution is 5.13. The highest BCUT2D eigenvalue weighted by Gasteiger charge is 2.62. The van der Waals surface area contributed by atoms with Crippen molar-refractivity contribution in [3.05, 3.63) is 0 Å². The van der Waals surface area contributed by atoms with Gasteiger partial charge < -0.3 is 5.32 Å². The molecule has 0 radical (unpaired) electrons. The van der Waals surface area contributed by atoms with E-state index in [1.807, 2.05) is 0 Å². The standard InChI is InChI=1S/C9H15N/c1-2-8(1)10-6-7-5-9(7)3-4-9/h7-8,10H,1-6H2. The topological polar surface area (TPSA) is 12.0 Å². The van der Waals surface area contributed by atoms with Gasteiger partial charge in [-0.15, -0.1) is 0 Å². The highest BCUT2D eigenvalue weighted by atomic mass is 15.0. The summed E-state index contributed by atoms with van der Waals surface area (Å²) in [5, 5.41) is 3.61. The smallest absolute Gasteiger partial charge is 0.00683 e. The second kappa shape index (κ2) is 1.58. The van der Waals surface area contributed by atoms with E-state index in [9.17, 15) is 0 Å². The Morgan fingerprint density at radius 1 is 1.30 bits per heavy atom. The molecule has 1 heteroatoms. The lowest BCUT2D eigenvalue weighted by Crippen LogP contribution is -2.19. The molecule has 0 heterocycles. The first-order valence-electron chi connectivity index (χ1n) is 4.62. The van der Waals surface area contributed by atoms with Gasteiger partial charge in [-0.05, 0) is 50.0 Å². The normalized spacial score (nSPS) is 40.2. The van der Waals surface area contributed by atoms with Crippen molar-refractivity contribution in [2.45, 2.75) is 38.1 Å². The fourth-order valence-corrected chi connectivity index (χ4v) is 2.09. The Morgan fingerprint density at radius 2 is 2.10 bits per heavy atom. The third kappa shape index (κ3) is 0.800. The van der Waals surface area contributed by atoms with Crippen molar-refractivity contribution in [3.8, 4) is 0 Å². The molecule has 0 saturated heterocycles. The first-order chi connectivity index (χ1) is 4.89. The van der Waals surface area contributed by atoms with Crippen LogP contribution in [-0.2, 0) is 0 Å². The number of hydrogen-bond acceptors (Lipinski definition) is 1. The van der Waals surface area contributed by atoms with E-state index in [4.69, 9.17) is 0 Å². The lowest BCUT2D eigenvalue weighted by Gasteiger charge is -1.98. The summed E-state index contributed by atoms with van der Waals surface area (Å²) in [6.45, 7) is 1.34. The van der Waals surface area contributed by atoms with Crippen molar-refractivity contribution in [1.82, 2.24) is 5.32 Å². The second-order valence-electron chi connectivity index (χ2n) is 4.45. The first-order valence-corrected chi connectivity index (χ1v) is 4.62. The SMILES string of the molecule is C1CC1NCC1CC12CC2. The Labute approximate surface area is 62.2 Å². The average molecular weight is 137 g/mol. The summed E-state index contributed by atoms with van der Waals surface area (Å²) < 4.78 is 0. The zero-order valence-corrected chi connectivity index (χ0v) is 6.40. The van der Waals surface area contributed by atoms with Crippen LogP contribution < -0.4 is 5.32 Å². The average Bonchev–Trinajstić information content (AvgIpc) is 2.76. The van der Waals surface area contributed by atoms with Gasteiger partial charge in [0.15, 0.2) is 0 Å². The van der Waals surface area contributed by atoms with Crippen molar-refractivity contribution in [2.24, 2.45) is 11.3 Å². The summed E-state index contributed by atoms with van der Waals surface area (Å²) >= 11 is 0. The minimum Gasteiger partial charge on any atom is -0.314 e. The summed E-state index contributed by atoms with van der Waals surface area (Å²) in [6, 6.07) is 0.927. The van der Waals surface area contributed by atoms with Crippen molar-refractivity contribution < 1.29 is 0 Å². The summed E-state index contributed by atoms with van der Waals surface area (Å²) in [6.07, 6.45) is 7.53. The third-order valence-corrected chi connectivity index (χ3v) is 3.48. The van der Waals surface area contributed by atoms with Crippen molar-refractivity contribution in [2.75, 3.05) is 6.54 Å². The van der Waals surface area contributed by atoms with E-state index < -0.39 is 0 Å². The molecule has 1 atom stereocenters. The molecule has 1 nitrogen and oxygen atoms in total. The van der Waals surface area contributed by atoms with Crippen LogP contribution in [0.4, 0.5) is 0 Å². The van der Waals surface area contributed by atoms with Gasteiger partial charge >= 0.3 is 0 Å². The van der Waals surface area contributed by atoms with Crippen LogP contribution in [0.1, 0.15) is 32.1 Å². The van der Waals surface area contributed by atoms with Gasteiger partial charge in [0.25, 0.3) is 0 Å². The molecule has 1 unspecified atom stereocenters. The summed E-state index contributed by atoms with van der Waals surface area (Å²) in [7, 11) is 0. The molecule has 0 amide bonds. The predicted molar refractivity (Wildman–Crippen MR) is 40.8 cm³/mol. The molecule has 1 N–H and O–H groups in total. The van der Waals surface area contributed by atoms with Crippen molar-refractivity contribution in [3.63, 3.8) is 0 Å². The van der Waals surface area contributed by atoms with Crippen LogP contribution in [0, 0.1) is 11.3 Å². The monoisotopic (exact) mass is 137 g/mol. The molecule has 0 aliphatic heterocycles. The minimum atomic E-state index is 0.919. The molecule has 3 rings (SSSR count). The minimum absolute atomic E-state index is 0.919. The largest absolute Gasteiger partial charge is 0.314 e. The summed E-state index contributed by atoms with van der Waals surface area (Å²) in [5.74, 6) is 1.09. The fourth-order valence-electron chi connectivity index (χ4n) is 2.09. The van der Waals surface area contributed by atoms with E-state index in [2.05, 4.69) is 5.32 Å². The molecule has 3 saturated carbocycles. The molecule has 0 bridgehead atoms. The van der Waals surface area contributed by atoms with Crippen LogP contribution >= 0.6 is 0 Å². The number of hydrogen-bond donors (Lipinski definition) is 1. The molecular formula is C9H15N. The highest BCUT2D eigenvalue weighted by Crippen LogP contribution is 2.70. The van der Waals surface area contributed by atoms with Gasteiger partial charge in [-0.25, -0.2) is 0 Å². The van der Waals surface area contributed by atoms with Crippen molar-refractivity contribution >= 4 is 0 Å². The molecule has 0 aromatic rings. The molecule has 0 aromatic carbocycles. The predicted octanol–water partition coefficient (Wildman–Crippen LogP) is 1.54. The van der Waals surface area contributed by atoms with Crippen LogP contribution in [0.3, 0.4) is 0 Å². The van der Waals surface area contributed by atoms with Gasteiger partial charge in [-0.3, -0.25) is 0 Å². The Kier molecular flexibility index (Phi) is 0.883. The van der Waals surface area contributed by atoms with Gasteiger partial charge in [0.2, 0.25) is 0 Å². The van der Waals surface area contributed by atoms with Crippen LogP contribution in [0.25, 0.3) is 0 Å². The van der Waals surface area contributed by atoms with Gasteiger partial charge in [-0.1, -0.05) is 0 Å². The molecule has 3 fully saturated rings. The van der Waals surface area contributed by atoms with E-state index in [0.29, 0.717) is 0 Å². The molecule has 56 valence electrons. The van der Waals surface area contributed by atoms with Gasteiger partial charge in [-0.2, -0.15) is 0 Å². The summed E-state index contributed by atoms with van der Waals surface area (Å²) in [4.78, 5) is 0. The third-order valence-electron chi connectivity index (χ3n) is 3.48. The van der Waals surface area contributed by atoms with Crippen LogP contribution in [0.2, 0.25) is 0 Å². The van der Waals surface area contributed by atoms with Crippen molar-refractivity contribution in [1.29, 1.82) is 0 Å². The molecule has 1 spiro atoms. The quantitative estimate of drug-likeness (QED) is 0.622. The Balaban J connectivity index is 1.44. The second-order valence-corrected chi connectivity index (χ2v) is 4.45. The van der Waals surface area contributed by atoms with Crippen LogP contribution in [-0.4, -0.2) is 12.6 Å². The van der Waals surface area contributed by atoms with Gasteiger partial charge in [0.05, 0.1) is 0 Å². The Hall–Kier alpha value is -0.0400. The molecule has 3 aliphatic carbocycles. The zero-order chi connectivity index (χ0) is 6.60. The Morgan fingerprint density at radius 3 is 2.60 bits per heavy atom. The van der Waals surface area contributed by atoms with Gasteiger partial charge in [0, 0.05) is 6.04 Å². The lowest BCUT2D eigenvalue weighted by atomic mass is 10.3. The number of rotatable bonds is 3. The fraction of sp³-hybridized carbons (Fsp3) is 1.00. The first kappa shape index (κ1) is 5.59. The molecular weight excluding hydrogens is 122 g/mol.